The van der Waals surface area contributed by atoms with Gasteiger partial charge < -0.3 is 0 Å². The summed E-state index contributed by atoms with van der Waals surface area (Å²) < 4.78 is 0. The summed E-state index contributed by atoms with van der Waals surface area (Å²) in [5.74, 6) is 0.329. The molecule has 0 aliphatic carbocycles. The fourth-order valence-electron chi connectivity index (χ4n) is 0.622. The molecule has 0 saturated carbocycles. The molecule has 0 spiro atoms. The van der Waals surface area contributed by atoms with Gasteiger partial charge in [-0.1, -0.05) is 6.58 Å². The highest BCUT2D eigenvalue weighted by atomic mass is 16.1. The number of rotatable bonds is 3. The van der Waals surface area contributed by atoms with Crippen LogP contribution in [0.15, 0.2) is 12.7 Å². The van der Waals surface area contributed by atoms with Crippen LogP contribution >= 0.6 is 0 Å². The second-order valence-electron chi connectivity index (χ2n) is 2.04. The third kappa shape index (κ3) is 1.96. The molecule has 0 atom stereocenters. The minimum absolute atomic E-state index is 0.0991. The molecule has 5 heteroatoms. The number of ketones is 1. The van der Waals surface area contributed by atoms with Crippen molar-refractivity contribution in [1.29, 1.82) is 0 Å². The second kappa shape index (κ2) is 3.05. The Hall–Kier alpha value is -1.52. The maximum Gasteiger partial charge on any atom is 0.182 e. The van der Waals surface area contributed by atoms with Crippen molar-refractivity contribution in [2.45, 2.75) is 6.42 Å². The molecule has 0 radical (unpaired) electrons. The second-order valence-corrected chi connectivity index (χ2v) is 2.04. The van der Waals surface area contributed by atoms with Crippen molar-refractivity contribution in [2.75, 3.05) is 0 Å². The first-order valence-electron chi connectivity index (χ1n) is 3.10. The van der Waals surface area contributed by atoms with Crippen LogP contribution in [0.3, 0.4) is 0 Å². The van der Waals surface area contributed by atoms with Gasteiger partial charge in [0.25, 0.3) is 0 Å². The molecule has 0 aliphatic rings. The predicted octanol–water partition coefficient (Wildman–Crippen LogP) is -0.492. The zero-order chi connectivity index (χ0) is 8.27. The molecule has 0 aliphatic heterocycles. The third-order valence-electron chi connectivity index (χ3n) is 1.11. The van der Waals surface area contributed by atoms with Crippen molar-refractivity contribution in [1.82, 2.24) is 20.2 Å². The molecule has 1 heterocycles. The van der Waals surface area contributed by atoms with Gasteiger partial charge in [0.05, 0.1) is 13.5 Å². The molecule has 0 fully saturated rings. The summed E-state index contributed by atoms with van der Waals surface area (Å²) >= 11 is 0. The lowest BCUT2D eigenvalue weighted by atomic mass is 10.3. The van der Waals surface area contributed by atoms with Crippen molar-refractivity contribution in [2.24, 2.45) is 7.05 Å². The normalized spacial score (nSPS) is 9.55. The van der Waals surface area contributed by atoms with Crippen molar-refractivity contribution in [3.63, 3.8) is 0 Å². The number of aromatic nitrogens is 4. The van der Waals surface area contributed by atoms with Crippen LogP contribution in [0.5, 0.6) is 0 Å². The fraction of sp³-hybridized carbons (Fsp3) is 0.333. The molecule has 1 aromatic heterocycles. The molecular weight excluding hydrogens is 144 g/mol. The first-order chi connectivity index (χ1) is 5.22. The fourth-order valence-corrected chi connectivity index (χ4v) is 0.622. The summed E-state index contributed by atoms with van der Waals surface area (Å²) in [6.45, 7) is 3.33. The first-order valence-corrected chi connectivity index (χ1v) is 3.10. The molecule has 1 rings (SSSR count). The van der Waals surface area contributed by atoms with E-state index in [1.54, 1.807) is 7.05 Å². The Labute approximate surface area is 63.7 Å². The Morgan fingerprint density at radius 2 is 2.55 bits per heavy atom. The molecule has 0 amide bonds. The largest absolute Gasteiger partial charge is 0.294 e. The number of aryl methyl sites for hydroxylation is 1. The summed E-state index contributed by atoms with van der Waals surface area (Å²) in [7, 11) is 1.65. The smallest absolute Gasteiger partial charge is 0.182 e. The summed E-state index contributed by atoms with van der Waals surface area (Å²) in [6.07, 6.45) is 1.42. The van der Waals surface area contributed by atoms with E-state index in [0.29, 0.717) is 5.82 Å². The van der Waals surface area contributed by atoms with Gasteiger partial charge >= 0.3 is 0 Å². The lowest BCUT2D eigenvalue weighted by Gasteiger charge is -1.84. The number of hydrogen-bond donors (Lipinski definition) is 0. The molecule has 0 bridgehead atoms. The van der Waals surface area contributed by atoms with E-state index in [4.69, 9.17) is 0 Å². The van der Waals surface area contributed by atoms with Gasteiger partial charge in [-0.05, 0) is 11.3 Å². The highest BCUT2D eigenvalue weighted by Gasteiger charge is 2.03. The molecule has 58 valence electrons. The lowest BCUT2D eigenvalue weighted by molar-refractivity contribution is -0.114. The number of tetrazole rings is 1. The summed E-state index contributed by atoms with van der Waals surface area (Å²) in [4.78, 5) is 12.1. The molecule has 11 heavy (non-hydrogen) atoms. The summed E-state index contributed by atoms with van der Waals surface area (Å²) in [6, 6.07) is 0. The number of carbonyl (C=O) groups excluding carboxylic acids is 1. The quantitative estimate of drug-likeness (QED) is 0.548. The minimum Gasteiger partial charge on any atom is -0.294 e. The highest BCUT2D eigenvalue weighted by molar-refractivity contribution is 5.90. The Balaban J connectivity index is 2.64. The van der Waals surface area contributed by atoms with E-state index in [2.05, 4.69) is 22.0 Å². The number of allylic oxidation sites excluding steroid dienone is 1. The summed E-state index contributed by atoms with van der Waals surface area (Å²) in [5, 5.41) is 11.0. The van der Waals surface area contributed by atoms with E-state index in [1.165, 1.54) is 10.9 Å². The summed E-state index contributed by atoms with van der Waals surface area (Å²) in [5.41, 5.74) is 0. The Kier molecular flexibility index (Phi) is 2.10. The Morgan fingerprint density at radius 1 is 1.82 bits per heavy atom. The highest BCUT2D eigenvalue weighted by Crippen LogP contribution is 1.88. The lowest BCUT2D eigenvalue weighted by Crippen LogP contribution is -2.00. The van der Waals surface area contributed by atoms with E-state index in [1.807, 2.05) is 0 Å². The van der Waals surface area contributed by atoms with Crippen molar-refractivity contribution in [3.05, 3.63) is 18.5 Å². The molecule has 0 N–H and O–H groups in total. The van der Waals surface area contributed by atoms with Crippen molar-refractivity contribution < 1.29 is 4.79 Å². The third-order valence-corrected chi connectivity index (χ3v) is 1.11. The van der Waals surface area contributed by atoms with Crippen molar-refractivity contribution >= 4 is 5.78 Å². The van der Waals surface area contributed by atoms with E-state index >= 15 is 0 Å². The molecule has 0 aromatic carbocycles. The molecule has 0 unspecified atom stereocenters. The van der Waals surface area contributed by atoms with Gasteiger partial charge in [-0.2, -0.15) is 4.80 Å². The van der Waals surface area contributed by atoms with Crippen LogP contribution in [-0.2, 0) is 18.3 Å². The number of nitrogens with zero attached hydrogens (tertiary/aromatic N) is 4. The first kappa shape index (κ1) is 7.59. The van der Waals surface area contributed by atoms with Crippen LogP contribution in [0.1, 0.15) is 5.82 Å². The van der Waals surface area contributed by atoms with E-state index in [-0.39, 0.29) is 12.2 Å². The molecule has 5 nitrogen and oxygen atoms in total. The van der Waals surface area contributed by atoms with Crippen LogP contribution in [-0.4, -0.2) is 26.0 Å². The van der Waals surface area contributed by atoms with Gasteiger partial charge in [0.15, 0.2) is 11.6 Å². The Morgan fingerprint density at radius 3 is 3.00 bits per heavy atom. The molecular formula is C6H8N4O. The standard InChI is InChI=1S/C6H8N4O/c1-3-5(11)4-6-7-9-10(2)8-6/h3H,1,4H2,2H3. The van der Waals surface area contributed by atoms with E-state index in [0.717, 1.165) is 0 Å². The SMILES string of the molecule is C=CC(=O)Cc1nnn(C)n1. The van der Waals surface area contributed by atoms with Crippen LogP contribution in [0.4, 0.5) is 0 Å². The minimum atomic E-state index is -0.0991. The monoisotopic (exact) mass is 152 g/mol. The molecule has 0 saturated heterocycles. The van der Waals surface area contributed by atoms with Crippen LogP contribution in [0, 0.1) is 0 Å². The van der Waals surface area contributed by atoms with Gasteiger partial charge in [0.1, 0.15) is 0 Å². The average molecular weight is 152 g/mol. The Bertz CT molecular complexity index is 278. The van der Waals surface area contributed by atoms with Crippen molar-refractivity contribution in [3.8, 4) is 0 Å². The van der Waals surface area contributed by atoms with Crippen LogP contribution in [0.25, 0.3) is 0 Å². The van der Waals surface area contributed by atoms with E-state index in [9.17, 15) is 4.79 Å². The number of carbonyl (C=O) groups is 1. The van der Waals surface area contributed by atoms with Gasteiger partial charge in [-0.3, -0.25) is 4.79 Å². The maximum atomic E-state index is 10.8. The molecule has 1 aromatic rings. The maximum absolute atomic E-state index is 10.8. The zero-order valence-electron chi connectivity index (χ0n) is 6.19. The van der Waals surface area contributed by atoms with E-state index < -0.39 is 0 Å². The van der Waals surface area contributed by atoms with Crippen LogP contribution < -0.4 is 0 Å². The van der Waals surface area contributed by atoms with Gasteiger partial charge in [-0.15, -0.1) is 10.2 Å². The van der Waals surface area contributed by atoms with Gasteiger partial charge in [0, 0.05) is 0 Å². The zero-order valence-corrected chi connectivity index (χ0v) is 6.19. The topological polar surface area (TPSA) is 60.7 Å². The van der Waals surface area contributed by atoms with Gasteiger partial charge in [0.2, 0.25) is 0 Å². The van der Waals surface area contributed by atoms with Crippen LogP contribution in [0.2, 0.25) is 0 Å². The average Bonchev–Trinajstić information content (AvgIpc) is 2.35. The number of hydrogen-bond acceptors (Lipinski definition) is 4. The predicted molar refractivity (Wildman–Crippen MR) is 37.7 cm³/mol. The van der Waals surface area contributed by atoms with Gasteiger partial charge in [-0.25, -0.2) is 0 Å².